The molecule has 7 heteroatoms. The Labute approximate surface area is 156 Å². The second kappa shape index (κ2) is 8.19. The highest BCUT2D eigenvalue weighted by Gasteiger charge is 2.26. The zero-order valence-electron chi connectivity index (χ0n) is 14.3. The molecule has 1 aliphatic heterocycles. The summed E-state index contributed by atoms with van der Waals surface area (Å²) >= 11 is 5.88. The number of nitrogens with one attached hydrogen (secondary N) is 1. The number of hydrogen-bond acceptors (Lipinski definition) is 4. The molecule has 0 saturated carbocycles. The summed E-state index contributed by atoms with van der Waals surface area (Å²) in [5, 5.41) is 15.2. The van der Waals surface area contributed by atoms with Crippen LogP contribution in [0.15, 0.2) is 42.5 Å². The maximum atomic E-state index is 12.6. The topological polar surface area (TPSA) is 75.5 Å². The highest BCUT2D eigenvalue weighted by molar-refractivity contribution is 6.30. The number of anilines is 1. The van der Waals surface area contributed by atoms with Gasteiger partial charge in [0.25, 0.3) is 11.6 Å². The molecule has 0 unspecified atom stereocenters. The van der Waals surface area contributed by atoms with Gasteiger partial charge in [0.15, 0.2) is 0 Å². The van der Waals surface area contributed by atoms with Crippen LogP contribution in [0, 0.1) is 10.1 Å². The summed E-state index contributed by atoms with van der Waals surface area (Å²) in [6, 6.07) is 12.2. The lowest BCUT2D eigenvalue weighted by Gasteiger charge is -2.16. The normalized spacial score (nSPS) is 13.7. The van der Waals surface area contributed by atoms with E-state index in [1.54, 1.807) is 17.0 Å². The number of likely N-dealkylation sites (tertiary alicyclic amines) is 1. The van der Waals surface area contributed by atoms with Gasteiger partial charge >= 0.3 is 0 Å². The molecule has 2 aromatic rings. The number of carbonyl (C=O) groups is 1. The zero-order valence-corrected chi connectivity index (χ0v) is 15.0. The van der Waals surface area contributed by atoms with Crippen molar-refractivity contribution in [2.45, 2.75) is 19.3 Å². The van der Waals surface area contributed by atoms with Crippen LogP contribution in [0.4, 0.5) is 11.4 Å². The first-order valence-electron chi connectivity index (χ1n) is 8.60. The molecular formula is C19H20ClN3O3. The van der Waals surface area contributed by atoms with Gasteiger partial charge < -0.3 is 10.2 Å². The van der Waals surface area contributed by atoms with Gasteiger partial charge in [-0.05, 0) is 49.1 Å². The minimum atomic E-state index is -0.499. The van der Waals surface area contributed by atoms with Crippen LogP contribution < -0.4 is 5.32 Å². The Kier molecular flexibility index (Phi) is 5.73. The first-order chi connectivity index (χ1) is 12.5. The molecular weight excluding hydrogens is 354 g/mol. The van der Waals surface area contributed by atoms with Crippen LogP contribution >= 0.6 is 11.6 Å². The SMILES string of the molecule is O=C(c1cc(NCCc2ccc(Cl)cc2)ccc1[N+](=O)[O-])N1CCCC1. The number of rotatable bonds is 6. The van der Waals surface area contributed by atoms with E-state index in [-0.39, 0.29) is 17.2 Å². The van der Waals surface area contributed by atoms with Crippen LogP contribution in [0.25, 0.3) is 0 Å². The van der Waals surface area contributed by atoms with Gasteiger partial charge in [-0.25, -0.2) is 0 Å². The molecule has 1 saturated heterocycles. The lowest BCUT2D eigenvalue weighted by atomic mass is 10.1. The van der Waals surface area contributed by atoms with Crippen molar-refractivity contribution >= 4 is 28.9 Å². The monoisotopic (exact) mass is 373 g/mol. The molecule has 1 fully saturated rings. The van der Waals surface area contributed by atoms with E-state index in [1.807, 2.05) is 24.3 Å². The molecule has 1 heterocycles. The highest BCUT2D eigenvalue weighted by atomic mass is 35.5. The zero-order chi connectivity index (χ0) is 18.5. The molecule has 1 aliphatic rings. The Bertz CT molecular complexity index is 802. The molecule has 0 spiro atoms. The van der Waals surface area contributed by atoms with Crippen LogP contribution in [0.2, 0.25) is 5.02 Å². The molecule has 3 rings (SSSR count). The molecule has 0 aromatic heterocycles. The van der Waals surface area contributed by atoms with E-state index in [9.17, 15) is 14.9 Å². The number of nitro groups is 1. The number of carbonyl (C=O) groups excluding carboxylic acids is 1. The Hall–Kier alpha value is -2.60. The van der Waals surface area contributed by atoms with E-state index in [1.165, 1.54) is 6.07 Å². The lowest BCUT2D eigenvalue weighted by Crippen LogP contribution is -2.28. The Balaban J connectivity index is 1.71. The van der Waals surface area contributed by atoms with Crippen molar-refractivity contribution in [3.05, 3.63) is 68.7 Å². The first-order valence-corrected chi connectivity index (χ1v) is 8.98. The average Bonchev–Trinajstić information content (AvgIpc) is 3.17. The van der Waals surface area contributed by atoms with Crippen LogP contribution in [0.3, 0.4) is 0 Å². The molecule has 0 radical (unpaired) electrons. The molecule has 0 atom stereocenters. The van der Waals surface area contributed by atoms with Gasteiger partial charge in [0.2, 0.25) is 0 Å². The summed E-state index contributed by atoms with van der Waals surface area (Å²) in [6.45, 7) is 1.96. The quantitative estimate of drug-likeness (QED) is 0.610. The number of amides is 1. The fourth-order valence-corrected chi connectivity index (χ4v) is 3.20. The number of hydrogen-bond donors (Lipinski definition) is 1. The summed E-state index contributed by atoms with van der Waals surface area (Å²) in [6.07, 6.45) is 2.67. The Morgan fingerprint density at radius 1 is 1.15 bits per heavy atom. The molecule has 0 aliphatic carbocycles. The van der Waals surface area contributed by atoms with E-state index in [0.717, 1.165) is 24.8 Å². The van der Waals surface area contributed by atoms with Crippen LogP contribution in [0.5, 0.6) is 0 Å². The van der Waals surface area contributed by atoms with Gasteiger partial charge in [-0.1, -0.05) is 23.7 Å². The van der Waals surface area contributed by atoms with E-state index in [4.69, 9.17) is 11.6 Å². The number of nitrogens with zero attached hydrogens (tertiary/aromatic N) is 2. The summed E-state index contributed by atoms with van der Waals surface area (Å²) < 4.78 is 0. The van der Waals surface area contributed by atoms with Crippen LogP contribution in [0.1, 0.15) is 28.8 Å². The largest absolute Gasteiger partial charge is 0.385 e. The van der Waals surface area contributed by atoms with Crippen molar-refractivity contribution in [2.24, 2.45) is 0 Å². The number of nitro benzene ring substituents is 1. The predicted molar refractivity (Wildman–Crippen MR) is 102 cm³/mol. The van der Waals surface area contributed by atoms with Crippen molar-refractivity contribution in [1.82, 2.24) is 4.90 Å². The molecule has 2 aromatic carbocycles. The smallest absolute Gasteiger partial charge is 0.282 e. The third kappa shape index (κ3) is 4.32. The van der Waals surface area contributed by atoms with Gasteiger partial charge in [0.1, 0.15) is 5.56 Å². The second-order valence-corrected chi connectivity index (χ2v) is 6.73. The van der Waals surface area contributed by atoms with E-state index in [0.29, 0.717) is 30.3 Å². The fourth-order valence-electron chi connectivity index (χ4n) is 3.07. The van der Waals surface area contributed by atoms with Crippen molar-refractivity contribution in [3.63, 3.8) is 0 Å². The summed E-state index contributed by atoms with van der Waals surface area (Å²) in [4.78, 5) is 25.1. The summed E-state index contributed by atoms with van der Waals surface area (Å²) in [5.41, 5.74) is 1.84. The molecule has 136 valence electrons. The highest BCUT2D eigenvalue weighted by Crippen LogP contribution is 2.25. The third-order valence-corrected chi connectivity index (χ3v) is 4.72. The first kappa shape index (κ1) is 18.2. The molecule has 26 heavy (non-hydrogen) atoms. The van der Waals surface area contributed by atoms with Crippen LogP contribution in [-0.4, -0.2) is 35.4 Å². The second-order valence-electron chi connectivity index (χ2n) is 6.29. The Morgan fingerprint density at radius 3 is 2.50 bits per heavy atom. The van der Waals surface area contributed by atoms with Crippen molar-refractivity contribution in [3.8, 4) is 0 Å². The standard InChI is InChI=1S/C19H20ClN3O3/c20-15-5-3-14(4-6-15)9-10-21-16-7-8-18(23(25)26)17(13-16)19(24)22-11-1-2-12-22/h3-8,13,21H,1-2,9-12H2. The number of benzene rings is 2. The van der Waals surface area contributed by atoms with E-state index in [2.05, 4.69) is 5.32 Å². The molecule has 1 N–H and O–H groups in total. The van der Waals surface area contributed by atoms with E-state index >= 15 is 0 Å². The van der Waals surface area contributed by atoms with Gasteiger partial charge in [-0.3, -0.25) is 14.9 Å². The third-order valence-electron chi connectivity index (χ3n) is 4.47. The maximum absolute atomic E-state index is 12.6. The minimum Gasteiger partial charge on any atom is -0.385 e. The van der Waals surface area contributed by atoms with Gasteiger partial charge in [-0.15, -0.1) is 0 Å². The van der Waals surface area contributed by atoms with Crippen LogP contribution in [-0.2, 0) is 6.42 Å². The average molecular weight is 374 g/mol. The van der Waals surface area contributed by atoms with Gasteiger partial charge in [0, 0.05) is 36.4 Å². The molecule has 1 amide bonds. The molecule has 6 nitrogen and oxygen atoms in total. The van der Waals surface area contributed by atoms with Gasteiger partial charge in [0.05, 0.1) is 4.92 Å². The number of halogens is 1. The van der Waals surface area contributed by atoms with Crippen molar-refractivity contribution < 1.29 is 9.72 Å². The summed E-state index contributed by atoms with van der Waals surface area (Å²) in [7, 11) is 0. The Morgan fingerprint density at radius 2 is 1.85 bits per heavy atom. The van der Waals surface area contributed by atoms with Gasteiger partial charge in [-0.2, -0.15) is 0 Å². The molecule has 0 bridgehead atoms. The maximum Gasteiger partial charge on any atom is 0.282 e. The van der Waals surface area contributed by atoms with E-state index < -0.39 is 4.92 Å². The van der Waals surface area contributed by atoms with Crippen molar-refractivity contribution in [1.29, 1.82) is 0 Å². The lowest BCUT2D eigenvalue weighted by molar-refractivity contribution is -0.385. The predicted octanol–water partition coefficient (Wildman–Crippen LogP) is 4.14. The van der Waals surface area contributed by atoms with Crippen molar-refractivity contribution in [2.75, 3.05) is 25.0 Å². The fraction of sp³-hybridized carbons (Fsp3) is 0.316. The minimum absolute atomic E-state index is 0.147. The summed E-state index contributed by atoms with van der Waals surface area (Å²) in [5.74, 6) is -0.268.